The molecule has 7 heteroatoms. The van der Waals surface area contributed by atoms with Crippen LogP contribution in [0, 0.1) is 13.8 Å². The van der Waals surface area contributed by atoms with Gasteiger partial charge in [-0.05, 0) is 55.3 Å². The van der Waals surface area contributed by atoms with Gasteiger partial charge in [-0.2, -0.15) is 0 Å². The van der Waals surface area contributed by atoms with E-state index in [4.69, 9.17) is 4.74 Å². The van der Waals surface area contributed by atoms with Gasteiger partial charge in [0.05, 0.1) is 10.6 Å². The Labute approximate surface area is 158 Å². The zero-order valence-corrected chi connectivity index (χ0v) is 15.7. The third-order valence-electron chi connectivity index (χ3n) is 4.28. The second kappa shape index (κ2) is 6.59. The van der Waals surface area contributed by atoms with Crippen LogP contribution in [0.5, 0.6) is 5.75 Å². The lowest BCUT2D eigenvalue weighted by atomic mass is 10.1. The molecule has 0 radical (unpaired) electrons. The summed E-state index contributed by atoms with van der Waals surface area (Å²) in [6.07, 6.45) is 1.15. The zero-order valence-electron chi connectivity index (χ0n) is 14.9. The maximum atomic E-state index is 12.9. The number of hydrogen-bond acceptors (Lipinski definition) is 5. The molecule has 0 amide bonds. The molecular formula is C20H19N3O3S. The first-order valence-electron chi connectivity index (χ1n) is 8.51. The maximum Gasteiger partial charge on any atom is 0.261 e. The fourth-order valence-electron chi connectivity index (χ4n) is 3.13. The molecule has 1 aromatic heterocycles. The number of nitrogens with one attached hydrogen (secondary N) is 2. The van der Waals surface area contributed by atoms with E-state index < -0.39 is 16.3 Å². The van der Waals surface area contributed by atoms with Gasteiger partial charge < -0.3 is 10.1 Å². The summed E-state index contributed by atoms with van der Waals surface area (Å²) in [7, 11) is -3.73. The number of para-hydroxylation sites is 1. The predicted octanol–water partition coefficient (Wildman–Crippen LogP) is 4.00. The number of sulfonamides is 1. The van der Waals surface area contributed by atoms with Gasteiger partial charge in [-0.15, -0.1) is 0 Å². The van der Waals surface area contributed by atoms with Crippen LogP contribution in [0.3, 0.4) is 0 Å². The lowest BCUT2D eigenvalue weighted by Gasteiger charge is -2.17. The minimum atomic E-state index is -3.73. The van der Waals surface area contributed by atoms with Gasteiger partial charge in [-0.25, -0.2) is 13.4 Å². The Morgan fingerprint density at radius 2 is 1.78 bits per heavy atom. The van der Waals surface area contributed by atoms with Crippen molar-refractivity contribution < 1.29 is 13.2 Å². The molecule has 3 aromatic rings. The summed E-state index contributed by atoms with van der Waals surface area (Å²) in [6, 6.07) is 16.0. The Hall–Kier alpha value is -3.06. The minimum Gasteiger partial charge on any atom is -0.462 e. The van der Waals surface area contributed by atoms with Crippen LogP contribution in [0.25, 0.3) is 0 Å². The van der Waals surface area contributed by atoms with Crippen molar-refractivity contribution in [2.45, 2.75) is 25.0 Å². The summed E-state index contributed by atoms with van der Waals surface area (Å²) < 4.78 is 34.4. The molecule has 27 heavy (non-hydrogen) atoms. The molecule has 0 spiro atoms. The average molecular weight is 381 g/mol. The van der Waals surface area contributed by atoms with E-state index in [1.807, 2.05) is 38.1 Å². The van der Waals surface area contributed by atoms with Crippen LogP contribution in [0.2, 0.25) is 0 Å². The van der Waals surface area contributed by atoms with Gasteiger partial charge >= 0.3 is 0 Å². The molecule has 6 nitrogen and oxygen atoms in total. The Kier molecular flexibility index (Phi) is 4.24. The fourth-order valence-corrected chi connectivity index (χ4v) is 4.40. The fraction of sp³-hybridized carbons (Fsp3) is 0.150. The summed E-state index contributed by atoms with van der Waals surface area (Å²) in [5, 5.41) is 3.17. The summed E-state index contributed by atoms with van der Waals surface area (Å²) in [4.78, 5) is 4.47. The van der Waals surface area contributed by atoms with Gasteiger partial charge in [-0.1, -0.05) is 24.3 Å². The van der Waals surface area contributed by atoms with Crippen molar-refractivity contribution in [1.82, 2.24) is 4.98 Å². The smallest absolute Gasteiger partial charge is 0.261 e. The Balaban J connectivity index is 1.66. The first-order chi connectivity index (χ1) is 12.9. The standard InChI is InChI=1S/C20H19N3O3S/c1-13-10-14(2)12-15(11-13)27(24,25)23-17-7-4-3-6-16(17)20-22-19-18(26-20)8-5-9-21-19/h3-12,20,23H,1-2H3,(H,21,22). The Morgan fingerprint density at radius 3 is 2.52 bits per heavy atom. The molecule has 1 unspecified atom stereocenters. The molecule has 1 aliphatic heterocycles. The molecule has 1 aliphatic rings. The van der Waals surface area contributed by atoms with Crippen LogP contribution >= 0.6 is 0 Å². The maximum absolute atomic E-state index is 12.9. The van der Waals surface area contributed by atoms with Crippen molar-refractivity contribution in [1.29, 1.82) is 0 Å². The molecule has 138 valence electrons. The van der Waals surface area contributed by atoms with Crippen molar-refractivity contribution in [3.8, 4) is 5.75 Å². The highest BCUT2D eigenvalue weighted by Crippen LogP contribution is 2.38. The number of fused-ring (bicyclic) bond motifs is 1. The van der Waals surface area contributed by atoms with Gasteiger partial charge in [0.15, 0.2) is 17.8 Å². The summed E-state index contributed by atoms with van der Waals surface area (Å²) >= 11 is 0. The Morgan fingerprint density at radius 1 is 1.04 bits per heavy atom. The topological polar surface area (TPSA) is 80.3 Å². The van der Waals surface area contributed by atoms with E-state index in [-0.39, 0.29) is 4.90 Å². The number of nitrogens with zero attached hydrogens (tertiary/aromatic N) is 1. The number of aryl methyl sites for hydroxylation is 2. The molecule has 2 N–H and O–H groups in total. The average Bonchev–Trinajstić information content (AvgIpc) is 3.05. The van der Waals surface area contributed by atoms with Crippen molar-refractivity contribution in [2.75, 3.05) is 10.0 Å². The molecule has 0 aliphatic carbocycles. The summed E-state index contributed by atoms with van der Waals surface area (Å²) in [6.45, 7) is 3.75. The third-order valence-corrected chi connectivity index (χ3v) is 5.62. The molecule has 2 aromatic carbocycles. The van der Waals surface area contributed by atoms with Crippen molar-refractivity contribution in [3.63, 3.8) is 0 Å². The quantitative estimate of drug-likeness (QED) is 0.714. The van der Waals surface area contributed by atoms with E-state index in [0.717, 1.165) is 11.1 Å². The van der Waals surface area contributed by atoms with E-state index in [1.54, 1.807) is 36.5 Å². The largest absolute Gasteiger partial charge is 0.462 e. The van der Waals surface area contributed by atoms with E-state index in [0.29, 0.717) is 22.8 Å². The number of rotatable bonds is 4. The number of benzene rings is 2. The van der Waals surface area contributed by atoms with Crippen LogP contribution < -0.4 is 14.8 Å². The highest BCUT2D eigenvalue weighted by atomic mass is 32.2. The van der Waals surface area contributed by atoms with Crippen molar-refractivity contribution >= 4 is 21.5 Å². The number of hydrogen-bond donors (Lipinski definition) is 2. The number of pyridine rings is 1. The number of ether oxygens (including phenoxy) is 1. The normalized spacial score (nSPS) is 15.6. The van der Waals surface area contributed by atoms with E-state index in [2.05, 4.69) is 15.0 Å². The second-order valence-corrected chi connectivity index (χ2v) is 8.19. The second-order valence-electron chi connectivity index (χ2n) is 6.51. The molecule has 4 rings (SSSR count). The first-order valence-corrected chi connectivity index (χ1v) is 9.99. The molecule has 0 saturated carbocycles. The van der Waals surface area contributed by atoms with Gasteiger partial charge in [0.2, 0.25) is 0 Å². The summed E-state index contributed by atoms with van der Waals surface area (Å²) in [5.41, 5.74) is 2.93. The van der Waals surface area contributed by atoms with E-state index in [1.165, 1.54) is 0 Å². The highest BCUT2D eigenvalue weighted by molar-refractivity contribution is 7.92. The SMILES string of the molecule is Cc1cc(C)cc(S(=O)(=O)Nc2ccccc2C2Nc3ncccc3O2)c1. The number of aromatic nitrogens is 1. The number of anilines is 2. The lowest BCUT2D eigenvalue weighted by molar-refractivity contribution is 0.260. The van der Waals surface area contributed by atoms with Crippen LogP contribution in [-0.2, 0) is 10.0 Å². The molecular weight excluding hydrogens is 362 g/mol. The van der Waals surface area contributed by atoms with Gasteiger partial charge in [-0.3, -0.25) is 4.72 Å². The third kappa shape index (κ3) is 3.46. The van der Waals surface area contributed by atoms with Gasteiger partial charge in [0.25, 0.3) is 10.0 Å². The van der Waals surface area contributed by atoms with Crippen LogP contribution in [0.4, 0.5) is 11.5 Å². The zero-order chi connectivity index (χ0) is 19.0. The van der Waals surface area contributed by atoms with Crippen molar-refractivity contribution in [2.24, 2.45) is 0 Å². The Bertz CT molecular complexity index is 1070. The van der Waals surface area contributed by atoms with Crippen molar-refractivity contribution in [3.05, 3.63) is 77.5 Å². The monoisotopic (exact) mass is 381 g/mol. The van der Waals surface area contributed by atoms with E-state index >= 15 is 0 Å². The molecule has 0 saturated heterocycles. The van der Waals surface area contributed by atoms with Crippen LogP contribution in [-0.4, -0.2) is 13.4 Å². The first kappa shape index (κ1) is 17.4. The molecule has 0 bridgehead atoms. The van der Waals surface area contributed by atoms with Gasteiger partial charge in [0.1, 0.15) is 0 Å². The summed E-state index contributed by atoms with van der Waals surface area (Å²) in [5.74, 6) is 1.27. The molecule has 1 atom stereocenters. The van der Waals surface area contributed by atoms with E-state index in [9.17, 15) is 8.42 Å². The minimum absolute atomic E-state index is 0.236. The van der Waals surface area contributed by atoms with Crippen LogP contribution in [0.1, 0.15) is 22.9 Å². The lowest BCUT2D eigenvalue weighted by Crippen LogP contribution is -2.18. The molecule has 2 heterocycles. The van der Waals surface area contributed by atoms with Crippen LogP contribution in [0.15, 0.2) is 65.7 Å². The molecule has 0 fully saturated rings. The highest BCUT2D eigenvalue weighted by Gasteiger charge is 2.27. The van der Waals surface area contributed by atoms with Gasteiger partial charge in [0, 0.05) is 11.8 Å². The predicted molar refractivity (Wildman–Crippen MR) is 104 cm³/mol.